The van der Waals surface area contributed by atoms with Gasteiger partial charge in [-0.2, -0.15) is 0 Å². The third kappa shape index (κ3) is 3.69. The monoisotopic (exact) mass is 206 g/mol. The van der Waals surface area contributed by atoms with E-state index in [2.05, 4.69) is 0 Å². The van der Waals surface area contributed by atoms with Crippen molar-refractivity contribution in [2.45, 2.75) is 25.1 Å². The van der Waals surface area contributed by atoms with Crippen molar-refractivity contribution < 1.29 is 24.9 Å². The first-order chi connectivity index (χ1) is 6.40. The first-order valence-corrected chi connectivity index (χ1v) is 3.97. The zero-order valence-electron chi connectivity index (χ0n) is 7.67. The number of aliphatic hydroxyl groups is 2. The van der Waals surface area contributed by atoms with E-state index in [-0.39, 0.29) is 0 Å². The maximum Gasteiger partial charge on any atom is 0.328 e. The van der Waals surface area contributed by atoms with Crippen molar-refractivity contribution in [1.29, 1.82) is 0 Å². The highest BCUT2D eigenvalue weighted by molar-refractivity contribution is 5.87. The number of carboxylic acid groups (broad SMARTS) is 1. The van der Waals surface area contributed by atoms with E-state index < -0.39 is 36.7 Å². The number of hydrogen-bond acceptors (Lipinski definition) is 5. The number of amides is 1. The minimum absolute atomic E-state index is 0.729. The Bertz CT molecular complexity index is 218. The Morgan fingerprint density at radius 2 is 2.00 bits per heavy atom. The fourth-order valence-corrected chi connectivity index (χ4v) is 0.672. The van der Waals surface area contributed by atoms with E-state index in [1.807, 2.05) is 5.32 Å². The Morgan fingerprint density at radius 3 is 2.29 bits per heavy atom. The van der Waals surface area contributed by atoms with Crippen molar-refractivity contribution in [3.63, 3.8) is 0 Å². The molecule has 0 aliphatic heterocycles. The molecule has 1 amide bonds. The fraction of sp³-hybridized carbons (Fsp3) is 0.714. The average molecular weight is 206 g/mol. The highest BCUT2D eigenvalue weighted by Crippen LogP contribution is 1.91. The number of carbonyl (C=O) groups is 2. The molecule has 0 saturated carbocycles. The summed E-state index contributed by atoms with van der Waals surface area (Å²) in [5.74, 6) is -2.18. The summed E-state index contributed by atoms with van der Waals surface area (Å²) in [5, 5.41) is 27.9. The summed E-state index contributed by atoms with van der Waals surface area (Å²) in [4.78, 5) is 21.5. The largest absolute Gasteiger partial charge is 0.480 e. The Balaban J connectivity index is 4.22. The summed E-state index contributed by atoms with van der Waals surface area (Å²) in [5.41, 5.74) is 5.23. The van der Waals surface area contributed by atoms with Crippen LogP contribution in [0.4, 0.5) is 0 Å². The Kier molecular flexibility index (Phi) is 5.06. The van der Waals surface area contributed by atoms with E-state index in [1.54, 1.807) is 0 Å². The number of nitrogens with two attached hydrogens (primary N) is 1. The van der Waals surface area contributed by atoms with Crippen LogP contribution in [0.5, 0.6) is 0 Å². The van der Waals surface area contributed by atoms with Gasteiger partial charge in [0.2, 0.25) is 5.91 Å². The minimum atomic E-state index is -1.40. The highest BCUT2D eigenvalue weighted by Gasteiger charge is 2.24. The number of rotatable bonds is 5. The molecule has 0 aromatic rings. The molecule has 0 spiro atoms. The van der Waals surface area contributed by atoms with Gasteiger partial charge in [-0.3, -0.25) is 4.79 Å². The summed E-state index contributed by atoms with van der Waals surface area (Å²) >= 11 is 0. The second-order valence-electron chi connectivity index (χ2n) is 2.85. The smallest absolute Gasteiger partial charge is 0.328 e. The molecule has 0 radical (unpaired) electrons. The van der Waals surface area contributed by atoms with Crippen molar-refractivity contribution >= 4 is 11.9 Å². The van der Waals surface area contributed by atoms with Crippen LogP contribution in [-0.4, -0.2) is 52.0 Å². The summed E-state index contributed by atoms with van der Waals surface area (Å²) in [7, 11) is 0. The predicted molar refractivity (Wildman–Crippen MR) is 46.3 cm³/mol. The lowest BCUT2D eigenvalue weighted by Crippen LogP contribution is -2.53. The molecule has 14 heavy (non-hydrogen) atoms. The molecule has 0 bridgehead atoms. The summed E-state index contributed by atoms with van der Waals surface area (Å²) < 4.78 is 0. The lowest BCUT2D eigenvalue weighted by molar-refractivity contribution is -0.143. The van der Waals surface area contributed by atoms with E-state index in [9.17, 15) is 9.59 Å². The lowest BCUT2D eigenvalue weighted by atomic mass is 10.1. The quantitative estimate of drug-likeness (QED) is 0.331. The van der Waals surface area contributed by atoms with Crippen LogP contribution in [0.1, 0.15) is 6.92 Å². The number of hydrogen-bond donors (Lipinski definition) is 5. The van der Waals surface area contributed by atoms with Crippen LogP contribution in [0.2, 0.25) is 0 Å². The van der Waals surface area contributed by atoms with E-state index >= 15 is 0 Å². The van der Waals surface area contributed by atoms with Gasteiger partial charge in [0.05, 0.1) is 12.7 Å². The normalized spacial score (nSPS) is 16.9. The number of aliphatic carboxylic acids is 1. The average Bonchev–Trinajstić information content (AvgIpc) is 2.11. The molecule has 3 unspecified atom stereocenters. The van der Waals surface area contributed by atoms with Crippen LogP contribution in [0.15, 0.2) is 0 Å². The number of carboxylic acids is 1. The van der Waals surface area contributed by atoms with Gasteiger partial charge in [-0.25, -0.2) is 4.79 Å². The third-order valence-electron chi connectivity index (χ3n) is 1.62. The van der Waals surface area contributed by atoms with Crippen molar-refractivity contribution in [2.75, 3.05) is 6.61 Å². The van der Waals surface area contributed by atoms with E-state index in [4.69, 9.17) is 21.1 Å². The Hall–Kier alpha value is -1.18. The second kappa shape index (κ2) is 5.53. The SMILES string of the molecule is CC(O)C(N)C(=O)NC(CO)C(=O)O. The molecule has 0 rings (SSSR count). The topological polar surface area (TPSA) is 133 Å². The van der Waals surface area contributed by atoms with Gasteiger partial charge in [0, 0.05) is 0 Å². The van der Waals surface area contributed by atoms with Crippen molar-refractivity contribution in [3.05, 3.63) is 0 Å². The standard InChI is InChI=1S/C7H14N2O5/c1-3(11)5(8)6(12)9-4(2-10)7(13)14/h3-5,10-11H,2,8H2,1H3,(H,9,12)(H,13,14). The predicted octanol–water partition coefficient (Wildman–Crippen LogP) is -2.74. The van der Waals surface area contributed by atoms with Crippen LogP contribution < -0.4 is 11.1 Å². The van der Waals surface area contributed by atoms with Gasteiger partial charge in [0.15, 0.2) is 0 Å². The van der Waals surface area contributed by atoms with Crippen molar-refractivity contribution in [1.82, 2.24) is 5.32 Å². The van der Waals surface area contributed by atoms with Crippen LogP contribution in [0.25, 0.3) is 0 Å². The van der Waals surface area contributed by atoms with Gasteiger partial charge in [0.1, 0.15) is 12.1 Å². The Labute approximate surface area is 80.5 Å². The molecular formula is C7H14N2O5. The van der Waals surface area contributed by atoms with E-state index in [1.165, 1.54) is 6.92 Å². The van der Waals surface area contributed by atoms with Gasteiger partial charge < -0.3 is 26.4 Å². The summed E-state index contributed by atoms with van der Waals surface area (Å²) in [6.07, 6.45) is -1.08. The molecule has 7 nitrogen and oxygen atoms in total. The zero-order valence-corrected chi connectivity index (χ0v) is 7.67. The van der Waals surface area contributed by atoms with E-state index in [0.717, 1.165) is 0 Å². The third-order valence-corrected chi connectivity index (χ3v) is 1.62. The summed E-state index contributed by atoms with van der Waals surface area (Å²) in [6, 6.07) is -2.60. The Morgan fingerprint density at radius 1 is 1.50 bits per heavy atom. The fourth-order valence-electron chi connectivity index (χ4n) is 0.672. The van der Waals surface area contributed by atoms with Crippen LogP contribution in [0.3, 0.4) is 0 Å². The highest BCUT2D eigenvalue weighted by atomic mass is 16.4. The van der Waals surface area contributed by atoms with Gasteiger partial charge in [-0.15, -0.1) is 0 Å². The molecule has 0 aromatic carbocycles. The van der Waals surface area contributed by atoms with E-state index in [0.29, 0.717) is 0 Å². The molecule has 0 heterocycles. The second-order valence-corrected chi connectivity index (χ2v) is 2.85. The van der Waals surface area contributed by atoms with Crippen LogP contribution in [0, 0.1) is 0 Å². The van der Waals surface area contributed by atoms with Crippen molar-refractivity contribution in [2.24, 2.45) is 5.73 Å². The molecule has 0 aromatic heterocycles. The van der Waals surface area contributed by atoms with Gasteiger partial charge in [0.25, 0.3) is 0 Å². The molecule has 3 atom stereocenters. The first-order valence-electron chi connectivity index (χ1n) is 3.97. The van der Waals surface area contributed by atoms with Gasteiger partial charge in [-0.1, -0.05) is 0 Å². The molecule has 82 valence electrons. The zero-order chi connectivity index (χ0) is 11.3. The molecule has 0 aliphatic rings. The van der Waals surface area contributed by atoms with Gasteiger partial charge >= 0.3 is 5.97 Å². The number of nitrogens with one attached hydrogen (secondary N) is 1. The lowest BCUT2D eigenvalue weighted by Gasteiger charge is -2.17. The number of aliphatic hydroxyl groups excluding tert-OH is 2. The maximum absolute atomic E-state index is 11.1. The minimum Gasteiger partial charge on any atom is -0.480 e. The van der Waals surface area contributed by atoms with Crippen molar-refractivity contribution in [3.8, 4) is 0 Å². The molecule has 0 fully saturated rings. The van der Waals surface area contributed by atoms with Crippen LogP contribution in [-0.2, 0) is 9.59 Å². The molecule has 6 N–H and O–H groups in total. The van der Waals surface area contributed by atoms with Crippen LogP contribution >= 0.6 is 0 Å². The molecule has 0 aliphatic carbocycles. The maximum atomic E-state index is 11.1. The summed E-state index contributed by atoms with van der Waals surface area (Å²) in [6.45, 7) is 0.576. The van der Waals surface area contributed by atoms with Gasteiger partial charge in [-0.05, 0) is 6.92 Å². The molecule has 0 saturated heterocycles. The number of carbonyl (C=O) groups excluding carboxylic acids is 1. The first kappa shape index (κ1) is 12.8. The molecular weight excluding hydrogens is 192 g/mol. The molecule has 7 heteroatoms.